The second kappa shape index (κ2) is 5.85. The molecule has 0 bridgehead atoms. The molecule has 0 aliphatic rings. The van der Waals surface area contributed by atoms with Gasteiger partial charge in [-0.05, 0) is 19.5 Å². The summed E-state index contributed by atoms with van der Waals surface area (Å²) in [4.78, 5) is 0. The molecule has 0 aliphatic carbocycles. The van der Waals surface area contributed by atoms with Crippen LogP contribution in [-0.4, -0.2) is 9.04 Å². The van der Waals surface area contributed by atoms with E-state index in [0.717, 1.165) is 6.42 Å². The Balaban J connectivity index is 2.99. The number of hydrogen-bond donors (Lipinski definition) is 1. The zero-order chi connectivity index (χ0) is 7.11. The molecular weight excluding hydrogens is 130 g/mol. The Labute approximate surface area is 58.6 Å². The molecule has 3 heteroatoms. The van der Waals surface area contributed by atoms with Crippen molar-refractivity contribution in [2.45, 2.75) is 26.4 Å². The first-order valence-electron chi connectivity index (χ1n) is 3.33. The fourth-order valence-corrected chi connectivity index (χ4v) is 0.692. The largest absolute Gasteiger partial charge is 0.327 e. The van der Waals surface area contributed by atoms with E-state index in [2.05, 4.69) is 25.5 Å². The highest BCUT2D eigenvalue weighted by molar-refractivity contribution is 6.48. The average Bonchev–Trinajstić information content (AvgIpc) is 1.80. The van der Waals surface area contributed by atoms with Crippen molar-refractivity contribution in [1.29, 1.82) is 0 Å². The predicted octanol–water partition coefficient (Wildman–Crippen LogP) is 1.41. The first-order chi connectivity index (χ1) is 4.27. The summed E-state index contributed by atoms with van der Waals surface area (Å²) in [5, 5.41) is 0. The highest BCUT2D eigenvalue weighted by Gasteiger charge is 1.89. The van der Waals surface area contributed by atoms with Crippen LogP contribution >= 0.6 is 0 Å². The zero-order valence-corrected chi connectivity index (χ0v) is 7.50. The molecule has 0 radical (unpaired) electrons. The molecule has 0 aliphatic heterocycles. The standard InChI is InChI=1S/C6H15NOSi/c1-4-5-6-7-8-9(2)3/h5-7,9H,4H2,1-3H3. The smallest absolute Gasteiger partial charge is 0.208 e. The Hall–Kier alpha value is -0.283. The highest BCUT2D eigenvalue weighted by Crippen LogP contribution is 1.79. The Morgan fingerprint density at radius 2 is 2.22 bits per heavy atom. The molecule has 0 amide bonds. The topological polar surface area (TPSA) is 21.3 Å². The second-order valence-electron chi connectivity index (χ2n) is 2.10. The Bertz CT molecular complexity index is 83.1. The van der Waals surface area contributed by atoms with Crippen LogP contribution in [0.15, 0.2) is 12.3 Å². The molecule has 0 spiro atoms. The van der Waals surface area contributed by atoms with Crippen LogP contribution in [0.5, 0.6) is 0 Å². The van der Waals surface area contributed by atoms with E-state index >= 15 is 0 Å². The van der Waals surface area contributed by atoms with Crippen LogP contribution in [0.4, 0.5) is 0 Å². The minimum Gasteiger partial charge on any atom is -0.327 e. The molecule has 0 aromatic carbocycles. The van der Waals surface area contributed by atoms with Crippen LogP contribution in [-0.2, 0) is 4.53 Å². The van der Waals surface area contributed by atoms with E-state index in [1.54, 1.807) is 0 Å². The lowest BCUT2D eigenvalue weighted by atomic mass is 10.5. The van der Waals surface area contributed by atoms with E-state index in [4.69, 9.17) is 4.53 Å². The normalized spacial score (nSPS) is 11.1. The van der Waals surface area contributed by atoms with Gasteiger partial charge in [-0.25, -0.2) is 0 Å². The number of hydrogen-bond acceptors (Lipinski definition) is 2. The van der Waals surface area contributed by atoms with Gasteiger partial charge in [0.05, 0.1) is 0 Å². The van der Waals surface area contributed by atoms with E-state index in [9.17, 15) is 0 Å². The average molecular weight is 145 g/mol. The molecule has 0 rings (SSSR count). The SMILES string of the molecule is CCC=CNO[SiH](C)C. The third-order valence-corrected chi connectivity index (χ3v) is 1.33. The van der Waals surface area contributed by atoms with Gasteiger partial charge in [0.1, 0.15) is 0 Å². The van der Waals surface area contributed by atoms with Gasteiger partial charge in [0.25, 0.3) is 0 Å². The second-order valence-corrected chi connectivity index (χ2v) is 4.43. The molecule has 9 heavy (non-hydrogen) atoms. The molecule has 0 aromatic rings. The summed E-state index contributed by atoms with van der Waals surface area (Å²) in [5.74, 6) is 0. The van der Waals surface area contributed by atoms with Gasteiger partial charge in [0.2, 0.25) is 9.04 Å². The van der Waals surface area contributed by atoms with Gasteiger partial charge in [-0.3, -0.25) is 5.48 Å². The van der Waals surface area contributed by atoms with Gasteiger partial charge in [0.15, 0.2) is 0 Å². The maximum absolute atomic E-state index is 5.15. The fourth-order valence-electron chi connectivity index (χ4n) is 0.341. The Morgan fingerprint density at radius 3 is 2.67 bits per heavy atom. The summed E-state index contributed by atoms with van der Waals surface area (Å²) in [7, 11) is -0.876. The summed E-state index contributed by atoms with van der Waals surface area (Å²) >= 11 is 0. The molecule has 0 saturated carbocycles. The molecule has 1 N–H and O–H groups in total. The van der Waals surface area contributed by atoms with E-state index in [-0.39, 0.29) is 0 Å². The zero-order valence-electron chi connectivity index (χ0n) is 6.35. The molecule has 0 saturated heterocycles. The molecule has 0 unspecified atom stereocenters. The van der Waals surface area contributed by atoms with Crippen molar-refractivity contribution >= 4 is 9.04 Å². The van der Waals surface area contributed by atoms with Crippen molar-refractivity contribution < 1.29 is 4.53 Å². The van der Waals surface area contributed by atoms with Gasteiger partial charge in [-0.2, -0.15) is 0 Å². The van der Waals surface area contributed by atoms with Crippen molar-refractivity contribution in [3.8, 4) is 0 Å². The van der Waals surface area contributed by atoms with Crippen LogP contribution in [0, 0.1) is 0 Å². The number of hydroxylamine groups is 1. The maximum atomic E-state index is 5.15. The van der Waals surface area contributed by atoms with E-state index < -0.39 is 9.04 Å². The van der Waals surface area contributed by atoms with Crippen molar-refractivity contribution in [1.82, 2.24) is 5.48 Å². The summed E-state index contributed by atoms with van der Waals surface area (Å²) in [6.07, 6.45) is 4.92. The quantitative estimate of drug-likeness (QED) is 0.477. The third kappa shape index (κ3) is 7.72. The van der Waals surface area contributed by atoms with Gasteiger partial charge >= 0.3 is 0 Å². The monoisotopic (exact) mass is 145 g/mol. The van der Waals surface area contributed by atoms with E-state index in [0.29, 0.717) is 0 Å². The minimum atomic E-state index is -0.876. The Kier molecular flexibility index (Phi) is 5.66. The van der Waals surface area contributed by atoms with Gasteiger partial charge < -0.3 is 4.53 Å². The van der Waals surface area contributed by atoms with Crippen LogP contribution in [0.1, 0.15) is 13.3 Å². The lowest BCUT2D eigenvalue weighted by Gasteiger charge is -2.02. The molecule has 2 nitrogen and oxygen atoms in total. The van der Waals surface area contributed by atoms with Gasteiger partial charge in [0, 0.05) is 6.20 Å². The van der Waals surface area contributed by atoms with E-state index in [1.807, 2.05) is 12.3 Å². The lowest BCUT2D eigenvalue weighted by Crippen LogP contribution is -2.16. The summed E-state index contributed by atoms with van der Waals surface area (Å²) in [6, 6.07) is 0. The maximum Gasteiger partial charge on any atom is 0.208 e. The van der Waals surface area contributed by atoms with Gasteiger partial charge in [-0.15, -0.1) is 0 Å². The summed E-state index contributed by atoms with van der Waals surface area (Å²) in [6.45, 7) is 6.32. The summed E-state index contributed by atoms with van der Waals surface area (Å²) in [5.41, 5.74) is 2.77. The minimum absolute atomic E-state index is 0.876. The molecule has 0 aromatic heterocycles. The van der Waals surface area contributed by atoms with Crippen LogP contribution in [0.3, 0.4) is 0 Å². The number of nitrogens with one attached hydrogen (secondary N) is 1. The molecule has 54 valence electrons. The van der Waals surface area contributed by atoms with E-state index in [1.165, 1.54) is 0 Å². The number of rotatable bonds is 4. The highest BCUT2D eigenvalue weighted by atomic mass is 28.3. The molecule has 0 heterocycles. The van der Waals surface area contributed by atoms with Crippen LogP contribution < -0.4 is 5.48 Å². The first-order valence-corrected chi connectivity index (χ1v) is 6.11. The first kappa shape index (κ1) is 8.72. The van der Waals surface area contributed by atoms with Crippen molar-refractivity contribution in [3.05, 3.63) is 12.3 Å². The molecular formula is C6H15NOSi. The fraction of sp³-hybridized carbons (Fsp3) is 0.667. The van der Waals surface area contributed by atoms with Crippen LogP contribution in [0.2, 0.25) is 13.1 Å². The molecule has 0 fully saturated rings. The van der Waals surface area contributed by atoms with Crippen molar-refractivity contribution in [2.75, 3.05) is 0 Å². The summed E-state index contributed by atoms with van der Waals surface area (Å²) < 4.78 is 5.15. The Morgan fingerprint density at radius 1 is 1.56 bits per heavy atom. The molecule has 0 atom stereocenters. The third-order valence-electron chi connectivity index (χ3n) is 0.725. The lowest BCUT2D eigenvalue weighted by molar-refractivity contribution is 0.248. The predicted molar refractivity (Wildman–Crippen MR) is 42.5 cm³/mol. The van der Waals surface area contributed by atoms with Gasteiger partial charge in [-0.1, -0.05) is 13.0 Å². The van der Waals surface area contributed by atoms with Crippen molar-refractivity contribution in [2.24, 2.45) is 0 Å². The number of allylic oxidation sites excluding steroid dienone is 1. The van der Waals surface area contributed by atoms with Crippen LogP contribution in [0.25, 0.3) is 0 Å². The van der Waals surface area contributed by atoms with Crippen molar-refractivity contribution in [3.63, 3.8) is 0 Å².